The molecule has 0 bridgehead atoms. The lowest BCUT2D eigenvalue weighted by Gasteiger charge is -2.32. The van der Waals surface area contributed by atoms with Crippen molar-refractivity contribution in [1.29, 1.82) is 0 Å². The Labute approximate surface area is 174 Å². The standard InChI is InChI=1S/C23H23FN4O2/c1-23(2)11-18(14-5-4-6-16(24)10-14)17-8-13(9-19(29-3)20(17)30-23)7-15-12-27-22(26)28-21(15)25/h4-6,8-12H,7H2,1-3H3,(H4,25,26,27,28). The summed E-state index contributed by atoms with van der Waals surface area (Å²) in [5, 5.41) is 0. The van der Waals surface area contributed by atoms with E-state index in [0.717, 1.165) is 27.8 Å². The van der Waals surface area contributed by atoms with Gasteiger partial charge >= 0.3 is 0 Å². The largest absolute Gasteiger partial charge is 0.493 e. The number of halogens is 1. The minimum atomic E-state index is -0.585. The lowest BCUT2D eigenvalue weighted by molar-refractivity contribution is 0.151. The minimum absolute atomic E-state index is 0.131. The highest BCUT2D eigenvalue weighted by atomic mass is 19.1. The van der Waals surface area contributed by atoms with Crippen LogP contribution in [0, 0.1) is 5.82 Å². The van der Waals surface area contributed by atoms with Gasteiger partial charge in [-0.2, -0.15) is 4.98 Å². The molecular formula is C23H23FN4O2. The number of fused-ring (bicyclic) bond motifs is 1. The zero-order valence-corrected chi connectivity index (χ0v) is 17.1. The molecule has 0 aliphatic carbocycles. The van der Waals surface area contributed by atoms with Gasteiger partial charge in [0.2, 0.25) is 5.95 Å². The number of hydrogen-bond donors (Lipinski definition) is 2. The van der Waals surface area contributed by atoms with Crippen LogP contribution in [0.1, 0.15) is 36.1 Å². The molecule has 4 N–H and O–H groups in total. The van der Waals surface area contributed by atoms with Gasteiger partial charge in [-0.15, -0.1) is 0 Å². The van der Waals surface area contributed by atoms with E-state index in [1.807, 2.05) is 38.1 Å². The van der Waals surface area contributed by atoms with Crippen molar-refractivity contribution in [3.8, 4) is 11.5 Å². The topological polar surface area (TPSA) is 96.3 Å². The maximum Gasteiger partial charge on any atom is 0.221 e. The lowest BCUT2D eigenvalue weighted by Crippen LogP contribution is -2.29. The molecule has 1 aromatic heterocycles. The van der Waals surface area contributed by atoms with Crippen molar-refractivity contribution in [2.45, 2.75) is 25.9 Å². The fourth-order valence-corrected chi connectivity index (χ4v) is 3.62. The van der Waals surface area contributed by atoms with Crippen LogP contribution in [0.5, 0.6) is 11.5 Å². The molecule has 2 aromatic carbocycles. The Morgan fingerprint density at radius 1 is 1.17 bits per heavy atom. The van der Waals surface area contributed by atoms with Crippen molar-refractivity contribution >= 4 is 17.3 Å². The summed E-state index contributed by atoms with van der Waals surface area (Å²) < 4.78 is 25.8. The first-order valence-electron chi connectivity index (χ1n) is 9.52. The third-order valence-corrected chi connectivity index (χ3v) is 4.93. The second-order valence-electron chi connectivity index (χ2n) is 7.76. The van der Waals surface area contributed by atoms with E-state index >= 15 is 0 Å². The number of ether oxygens (including phenoxy) is 2. The minimum Gasteiger partial charge on any atom is -0.493 e. The number of hydrogen-bond acceptors (Lipinski definition) is 6. The van der Waals surface area contributed by atoms with Gasteiger partial charge < -0.3 is 20.9 Å². The van der Waals surface area contributed by atoms with Crippen molar-refractivity contribution in [2.75, 3.05) is 18.6 Å². The van der Waals surface area contributed by atoms with Gasteiger partial charge in [-0.25, -0.2) is 9.37 Å². The van der Waals surface area contributed by atoms with Crippen LogP contribution >= 0.6 is 0 Å². The lowest BCUT2D eigenvalue weighted by atomic mass is 9.88. The van der Waals surface area contributed by atoms with Gasteiger partial charge in [0.1, 0.15) is 17.2 Å². The fraction of sp³-hybridized carbons (Fsp3) is 0.217. The second-order valence-corrected chi connectivity index (χ2v) is 7.76. The number of methoxy groups -OCH3 is 1. The fourth-order valence-electron chi connectivity index (χ4n) is 3.62. The predicted octanol–water partition coefficient (Wildman–Crippen LogP) is 3.98. The van der Waals surface area contributed by atoms with E-state index < -0.39 is 5.60 Å². The van der Waals surface area contributed by atoms with Crippen LogP contribution in [0.2, 0.25) is 0 Å². The van der Waals surface area contributed by atoms with E-state index in [-0.39, 0.29) is 11.8 Å². The van der Waals surface area contributed by atoms with Crippen molar-refractivity contribution < 1.29 is 13.9 Å². The summed E-state index contributed by atoms with van der Waals surface area (Å²) in [7, 11) is 1.59. The van der Waals surface area contributed by atoms with E-state index in [4.69, 9.17) is 20.9 Å². The molecule has 1 aliphatic rings. The van der Waals surface area contributed by atoms with Crippen LogP contribution in [-0.4, -0.2) is 22.7 Å². The summed E-state index contributed by atoms with van der Waals surface area (Å²) in [6.45, 7) is 3.91. The molecule has 1 aliphatic heterocycles. The summed E-state index contributed by atoms with van der Waals surface area (Å²) in [6, 6.07) is 10.4. The highest BCUT2D eigenvalue weighted by molar-refractivity contribution is 5.86. The molecule has 0 spiro atoms. The molecule has 0 fully saturated rings. The monoisotopic (exact) mass is 406 g/mol. The van der Waals surface area contributed by atoms with Crippen molar-refractivity contribution in [3.05, 3.63) is 76.7 Å². The molecule has 0 saturated carbocycles. The van der Waals surface area contributed by atoms with Gasteiger partial charge in [-0.05, 0) is 60.9 Å². The number of benzene rings is 2. The van der Waals surface area contributed by atoms with E-state index in [0.29, 0.717) is 23.7 Å². The smallest absolute Gasteiger partial charge is 0.221 e. The maximum atomic E-state index is 14.0. The zero-order chi connectivity index (χ0) is 21.5. The second kappa shape index (κ2) is 7.33. The Morgan fingerprint density at radius 2 is 1.97 bits per heavy atom. The molecule has 0 radical (unpaired) electrons. The van der Waals surface area contributed by atoms with Gasteiger partial charge in [-0.1, -0.05) is 12.1 Å². The first kappa shape index (κ1) is 19.7. The Hall–Kier alpha value is -3.61. The van der Waals surface area contributed by atoms with Crippen LogP contribution in [-0.2, 0) is 6.42 Å². The van der Waals surface area contributed by atoms with E-state index in [2.05, 4.69) is 9.97 Å². The first-order valence-corrected chi connectivity index (χ1v) is 9.52. The zero-order valence-electron chi connectivity index (χ0n) is 17.1. The normalized spacial score (nSPS) is 14.5. The van der Waals surface area contributed by atoms with Crippen LogP contribution in [0.3, 0.4) is 0 Å². The Kier molecular flexibility index (Phi) is 4.81. The number of nitrogen functional groups attached to an aromatic ring is 2. The summed E-state index contributed by atoms with van der Waals surface area (Å²) in [5.41, 5.74) is 15.2. The Morgan fingerprint density at radius 3 is 2.67 bits per heavy atom. The summed E-state index contributed by atoms with van der Waals surface area (Å²) in [6.07, 6.45) is 4.09. The van der Waals surface area contributed by atoms with Gasteiger partial charge in [0.15, 0.2) is 11.5 Å². The van der Waals surface area contributed by atoms with E-state index in [1.54, 1.807) is 19.4 Å². The predicted molar refractivity (Wildman–Crippen MR) is 115 cm³/mol. The van der Waals surface area contributed by atoms with Crippen molar-refractivity contribution in [1.82, 2.24) is 9.97 Å². The average Bonchev–Trinajstić information content (AvgIpc) is 2.69. The molecule has 4 rings (SSSR count). The number of aromatic nitrogens is 2. The highest BCUT2D eigenvalue weighted by Crippen LogP contribution is 2.45. The third kappa shape index (κ3) is 3.78. The van der Waals surface area contributed by atoms with Gasteiger partial charge in [0.25, 0.3) is 0 Å². The Balaban J connectivity index is 1.86. The molecule has 0 amide bonds. The Bertz CT molecular complexity index is 1160. The van der Waals surface area contributed by atoms with Crippen molar-refractivity contribution in [2.24, 2.45) is 0 Å². The molecular weight excluding hydrogens is 383 g/mol. The highest BCUT2D eigenvalue weighted by Gasteiger charge is 2.30. The molecule has 6 nitrogen and oxygen atoms in total. The van der Waals surface area contributed by atoms with Crippen LogP contribution in [0.25, 0.3) is 5.57 Å². The van der Waals surface area contributed by atoms with Crippen LogP contribution in [0.15, 0.2) is 48.7 Å². The number of anilines is 2. The molecule has 0 saturated heterocycles. The summed E-state index contributed by atoms with van der Waals surface area (Å²) >= 11 is 0. The molecule has 0 atom stereocenters. The molecule has 2 heterocycles. The summed E-state index contributed by atoms with van der Waals surface area (Å²) in [4.78, 5) is 8.06. The van der Waals surface area contributed by atoms with Crippen LogP contribution in [0.4, 0.5) is 16.2 Å². The quantitative estimate of drug-likeness (QED) is 0.680. The SMILES string of the molecule is COc1cc(Cc2cnc(N)nc2N)cc2c1OC(C)(C)C=C2c1cccc(F)c1. The molecule has 7 heteroatoms. The van der Waals surface area contributed by atoms with Gasteiger partial charge in [0.05, 0.1) is 7.11 Å². The number of rotatable bonds is 4. The molecule has 3 aromatic rings. The maximum absolute atomic E-state index is 14.0. The first-order chi connectivity index (χ1) is 14.3. The van der Waals surface area contributed by atoms with E-state index in [9.17, 15) is 4.39 Å². The molecule has 30 heavy (non-hydrogen) atoms. The summed E-state index contributed by atoms with van der Waals surface area (Å²) in [5.74, 6) is 1.37. The molecule has 154 valence electrons. The average molecular weight is 406 g/mol. The molecule has 0 unspecified atom stereocenters. The van der Waals surface area contributed by atoms with Crippen molar-refractivity contribution in [3.63, 3.8) is 0 Å². The number of nitrogens with two attached hydrogens (primary N) is 2. The third-order valence-electron chi connectivity index (χ3n) is 4.93. The van der Waals surface area contributed by atoms with Crippen LogP contribution < -0.4 is 20.9 Å². The van der Waals surface area contributed by atoms with Gasteiger partial charge in [-0.3, -0.25) is 0 Å². The van der Waals surface area contributed by atoms with E-state index in [1.165, 1.54) is 12.1 Å². The number of nitrogens with zero attached hydrogens (tertiary/aromatic N) is 2. The van der Waals surface area contributed by atoms with Gasteiger partial charge in [0, 0.05) is 23.7 Å².